The van der Waals surface area contributed by atoms with Gasteiger partial charge in [0.1, 0.15) is 6.33 Å². The molecule has 18 heavy (non-hydrogen) atoms. The highest BCUT2D eigenvalue weighted by molar-refractivity contribution is 5.94. The van der Waals surface area contributed by atoms with E-state index in [1.54, 1.807) is 29.8 Å². The lowest BCUT2D eigenvalue weighted by atomic mass is 10.2. The first-order valence-electron chi connectivity index (χ1n) is 5.34. The van der Waals surface area contributed by atoms with Gasteiger partial charge in [-0.3, -0.25) is 14.0 Å². The van der Waals surface area contributed by atoms with Crippen molar-refractivity contribution in [3.8, 4) is 0 Å². The first kappa shape index (κ1) is 12.0. The fraction of sp³-hybridized carbons (Fsp3) is 0.273. The maximum Gasteiger partial charge on any atom is 0.305 e. The van der Waals surface area contributed by atoms with Crippen LogP contribution in [0.1, 0.15) is 16.8 Å². The van der Waals surface area contributed by atoms with E-state index in [0.29, 0.717) is 11.2 Å². The summed E-state index contributed by atoms with van der Waals surface area (Å²) in [5, 5.41) is 16.1. The summed E-state index contributed by atoms with van der Waals surface area (Å²) in [6, 6.07) is 3.33. The van der Waals surface area contributed by atoms with Crippen molar-refractivity contribution in [3.05, 3.63) is 30.2 Å². The molecule has 0 unspecified atom stereocenters. The second-order valence-electron chi connectivity index (χ2n) is 3.88. The summed E-state index contributed by atoms with van der Waals surface area (Å²) >= 11 is 0. The Balaban J connectivity index is 2.14. The third kappa shape index (κ3) is 2.45. The number of carboxylic acid groups (broad SMARTS) is 1. The molecule has 2 heterocycles. The largest absolute Gasteiger partial charge is 0.481 e. The minimum Gasteiger partial charge on any atom is -0.481 e. The van der Waals surface area contributed by atoms with Crippen molar-refractivity contribution < 1.29 is 14.7 Å². The Kier molecular flexibility index (Phi) is 3.22. The van der Waals surface area contributed by atoms with Crippen LogP contribution >= 0.6 is 0 Å². The average Bonchev–Trinajstić information content (AvgIpc) is 2.81. The van der Waals surface area contributed by atoms with Crippen LogP contribution in [0, 0.1) is 0 Å². The van der Waals surface area contributed by atoms with E-state index >= 15 is 0 Å². The molecular weight excluding hydrogens is 236 g/mol. The second-order valence-corrected chi connectivity index (χ2v) is 3.88. The SMILES string of the molecule is CN(CCC(=O)O)C(=O)c1ccc2nncn2c1. The van der Waals surface area contributed by atoms with Gasteiger partial charge < -0.3 is 10.0 Å². The van der Waals surface area contributed by atoms with Crippen LogP contribution in [0.5, 0.6) is 0 Å². The molecule has 94 valence electrons. The molecule has 7 nitrogen and oxygen atoms in total. The van der Waals surface area contributed by atoms with E-state index in [-0.39, 0.29) is 18.9 Å². The van der Waals surface area contributed by atoms with E-state index in [0.717, 1.165) is 0 Å². The Morgan fingerprint density at radius 1 is 1.44 bits per heavy atom. The molecule has 0 aliphatic rings. The molecule has 0 aliphatic heterocycles. The molecule has 0 radical (unpaired) electrons. The molecular formula is C11H12N4O3. The predicted octanol–water partition coefficient (Wildman–Crippen LogP) is 0.276. The molecule has 0 bridgehead atoms. The minimum absolute atomic E-state index is 0.0723. The second kappa shape index (κ2) is 4.82. The van der Waals surface area contributed by atoms with Crippen LogP contribution in [0.4, 0.5) is 0 Å². The molecule has 0 saturated carbocycles. The van der Waals surface area contributed by atoms with Gasteiger partial charge in [0.2, 0.25) is 0 Å². The number of pyridine rings is 1. The number of aromatic nitrogens is 3. The summed E-state index contributed by atoms with van der Waals surface area (Å²) in [7, 11) is 1.57. The van der Waals surface area contributed by atoms with Gasteiger partial charge in [-0.15, -0.1) is 10.2 Å². The normalized spacial score (nSPS) is 10.5. The van der Waals surface area contributed by atoms with Crippen LogP contribution in [0.25, 0.3) is 5.65 Å². The summed E-state index contributed by atoms with van der Waals surface area (Å²) < 4.78 is 1.64. The van der Waals surface area contributed by atoms with E-state index in [1.807, 2.05) is 0 Å². The Hall–Kier alpha value is -2.44. The number of hydrogen-bond donors (Lipinski definition) is 1. The van der Waals surface area contributed by atoms with Crippen LogP contribution in [-0.4, -0.2) is 50.1 Å². The first-order valence-corrected chi connectivity index (χ1v) is 5.34. The highest BCUT2D eigenvalue weighted by atomic mass is 16.4. The standard InChI is InChI=1S/C11H12N4O3/c1-14(5-4-10(16)17)11(18)8-2-3-9-13-12-7-15(9)6-8/h2-3,6-7H,4-5H2,1H3,(H,16,17). The molecule has 1 amide bonds. The number of nitrogens with zero attached hydrogens (tertiary/aromatic N) is 4. The van der Waals surface area contributed by atoms with Gasteiger partial charge in [0.05, 0.1) is 12.0 Å². The van der Waals surface area contributed by atoms with Crippen LogP contribution in [0.3, 0.4) is 0 Å². The van der Waals surface area contributed by atoms with Gasteiger partial charge in [-0.2, -0.15) is 0 Å². The van der Waals surface area contributed by atoms with Gasteiger partial charge in [-0.05, 0) is 12.1 Å². The third-order valence-corrected chi connectivity index (χ3v) is 2.55. The van der Waals surface area contributed by atoms with Crippen molar-refractivity contribution in [3.63, 3.8) is 0 Å². The summed E-state index contributed by atoms with van der Waals surface area (Å²) in [6.07, 6.45) is 3.05. The maximum atomic E-state index is 12.0. The molecule has 1 N–H and O–H groups in total. The van der Waals surface area contributed by atoms with Crippen LogP contribution in [0.2, 0.25) is 0 Å². The average molecular weight is 248 g/mol. The lowest BCUT2D eigenvalue weighted by Crippen LogP contribution is -2.29. The summed E-state index contributed by atoms with van der Waals surface area (Å²) in [4.78, 5) is 23.8. The zero-order valence-corrected chi connectivity index (χ0v) is 9.78. The van der Waals surface area contributed by atoms with Crippen molar-refractivity contribution in [1.29, 1.82) is 0 Å². The summed E-state index contributed by atoms with van der Waals surface area (Å²) in [5.41, 5.74) is 1.12. The third-order valence-electron chi connectivity index (χ3n) is 2.55. The number of hydrogen-bond acceptors (Lipinski definition) is 4. The predicted molar refractivity (Wildman–Crippen MR) is 62.2 cm³/mol. The van der Waals surface area contributed by atoms with Gasteiger partial charge in [0.25, 0.3) is 5.91 Å². The van der Waals surface area contributed by atoms with Gasteiger partial charge in [-0.1, -0.05) is 0 Å². The number of carbonyl (C=O) groups is 2. The van der Waals surface area contributed by atoms with Gasteiger partial charge >= 0.3 is 5.97 Å². The smallest absolute Gasteiger partial charge is 0.305 e. The topological polar surface area (TPSA) is 87.8 Å². The molecule has 0 fully saturated rings. The van der Waals surface area contributed by atoms with E-state index in [2.05, 4.69) is 10.2 Å². The zero-order chi connectivity index (χ0) is 13.1. The number of aliphatic carboxylic acids is 1. The quantitative estimate of drug-likeness (QED) is 0.839. The monoisotopic (exact) mass is 248 g/mol. The number of fused-ring (bicyclic) bond motifs is 1. The summed E-state index contributed by atoms with van der Waals surface area (Å²) in [5.74, 6) is -1.16. The van der Waals surface area contributed by atoms with Crippen molar-refractivity contribution in [1.82, 2.24) is 19.5 Å². The molecule has 2 aromatic heterocycles. The van der Waals surface area contributed by atoms with E-state index in [4.69, 9.17) is 5.11 Å². The zero-order valence-electron chi connectivity index (χ0n) is 9.78. The summed E-state index contributed by atoms with van der Waals surface area (Å²) in [6.45, 7) is 0.175. The van der Waals surface area contributed by atoms with E-state index in [1.165, 1.54) is 11.2 Å². The van der Waals surface area contributed by atoms with Crippen LogP contribution in [-0.2, 0) is 4.79 Å². The lowest BCUT2D eigenvalue weighted by Gasteiger charge is -2.15. The lowest BCUT2D eigenvalue weighted by molar-refractivity contribution is -0.137. The Morgan fingerprint density at radius 2 is 2.22 bits per heavy atom. The van der Waals surface area contributed by atoms with Crippen molar-refractivity contribution in [2.45, 2.75) is 6.42 Å². The molecule has 7 heteroatoms. The highest BCUT2D eigenvalue weighted by Crippen LogP contribution is 2.06. The molecule has 0 saturated heterocycles. The fourth-order valence-electron chi connectivity index (χ4n) is 1.54. The molecule has 0 aromatic carbocycles. The Morgan fingerprint density at radius 3 is 2.94 bits per heavy atom. The van der Waals surface area contributed by atoms with Crippen molar-refractivity contribution >= 4 is 17.5 Å². The van der Waals surface area contributed by atoms with Crippen LogP contribution < -0.4 is 0 Å². The number of amides is 1. The van der Waals surface area contributed by atoms with E-state index < -0.39 is 5.97 Å². The fourth-order valence-corrected chi connectivity index (χ4v) is 1.54. The Labute approximate surface area is 103 Å². The van der Waals surface area contributed by atoms with Gasteiger partial charge in [0, 0.05) is 19.8 Å². The number of rotatable bonds is 4. The Bertz CT molecular complexity index is 593. The van der Waals surface area contributed by atoms with Gasteiger partial charge in [-0.25, -0.2) is 0 Å². The molecule has 0 atom stereocenters. The molecule has 0 aliphatic carbocycles. The molecule has 2 aromatic rings. The number of carboxylic acids is 1. The first-order chi connectivity index (χ1) is 8.58. The van der Waals surface area contributed by atoms with E-state index in [9.17, 15) is 9.59 Å². The van der Waals surface area contributed by atoms with Crippen LogP contribution in [0.15, 0.2) is 24.7 Å². The van der Waals surface area contributed by atoms with Crippen molar-refractivity contribution in [2.75, 3.05) is 13.6 Å². The van der Waals surface area contributed by atoms with Gasteiger partial charge in [0.15, 0.2) is 5.65 Å². The number of carbonyl (C=O) groups excluding carboxylic acids is 1. The van der Waals surface area contributed by atoms with Crippen molar-refractivity contribution in [2.24, 2.45) is 0 Å². The highest BCUT2D eigenvalue weighted by Gasteiger charge is 2.13. The minimum atomic E-state index is -0.927. The maximum absolute atomic E-state index is 12.0. The molecule has 0 spiro atoms. The molecule has 2 rings (SSSR count).